The quantitative estimate of drug-likeness (QED) is 0.331. The molecule has 0 spiro atoms. The number of rotatable bonds is 4. The van der Waals surface area contributed by atoms with Gasteiger partial charge in [-0.3, -0.25) is 0 Å². The second-order valence-electron chi connectivity index (χ2n) is 9.24. The van der Waals surface area contributed by atoms with Crippen LogP contribution in [0.2, 0.25) is 0 Å². The topological polar surface area (TPSA) is 52.6 Å². The van der Waals surface area contributed by atoms with Crippen molar-refractivity contribution in [3.05, 3.63) is 59.7 Å². The van der Waals surface area contributed by atoms with Crippen LogP contribution in [0.1, 0.15) is 84.9 Å². The van der Waals surface area contributed by atoms with Gasteiger partial charge in [0.05, 0.1) is 11.1 Å². The largest absolute Gasteiger partial charge is 0.459 e. The van der Waals surface area contributed by atoms with E-state index in [1.807, 2.05) is 48.5 Å². The second kappa shape index (κ2) is 9.32. The lowest BCUT2D eigenvalue weighted by molar-refractivity contribution is 0.0203. The van der Waals surface area contributed by atoms with E-state index in [0.29, 0.717) is 11.1 Å². The first kappa shape index (κ1) is 21.0. The highest BCUT2D eigenvalue weighted by molar-refractivity contribution is 6.17. The van der Waals surface area contributed by atoms with Gasteiger partial charge in [0.25, 0.3) is 0 Å². The van der Waals surface area contributed by atoms with Gasteiger partial charge < -0.3 is 9.47 Å². The predicted octanol–water partition coefficient (Wildman–Crippen LogP) is 6.97. The minimum absolute atomic E-state index is 0.0163. The molecule has 2 aliphatic carbocycles. The second-order valence-corrected chi connectivity index (χ2v) is 9.24. The molecule has 3 aromatic rings. The number of hydrogen-bond donors (Lipinski definition) is 0. The minimum atomic E-state index is -0.260. The molecule has 0 radical (unpaired) electrons. The van der Waals surface area contributed by atoms with Crippen LogP contribution in [0.15, 0.2) is 48.5 Å². The molecule has 0 N–H and O–H groups in total. The molecule has 4 heteroatoms. The molecule has 2 aliphatic rings. The van der Waals surface area contributed by atoms with Crippen LogP contribution in [0.5, 0.6) is 0 Å². The van der Waals surface area contributed by atoms with Crippen LogP contribution in [-0.2, 0) is 9.47 Å². The Morgan fingerprint density at radius 2 is 1.28 bits per heavy atom. The summed E-state index contributed by atoms with van der Waals surface area (Å²) in [5.41, 5.74) is 1.15. The molecule has 166 valence electrons. The molecular weight excluding hydrogens is 400 g/mol. The fourth-order valence-corrected chi connectivity index (χ4v) is 5.21. The summed E-state index contributed by atoms with van der Waals surface area (Å²) in [6.07, 6.45) is 10.8. The summed E-state index contributed by atoms with van der Waals surface area (Å²) < 4.78 is 11.6. The van der Waals surface area contributed by atoms with E-state index in [0.717, 1.165) is 72.9 Å². The average Bonchev–Trinajstić information content (AvgIpc) is 2.84. The van der Waals surface area contributed by atoms with Gasteiger partial charge in [-0.15, -0.1) is 0 Å². The predicted molar refractivity (Wildman–Crippen MR) is 126 cm³/mol. The van der Waals surface area contributed by atoms with Gasteiger partial charge in [0.1, 0.15) is 12.2 Å². The summed E-state index contributed by atoms with van der Waals surface area (Å²) >= 11 is 0. The van der Waals surface area contributed by atoms with Gasteiger partial charge in [0.15, 0.2) is 0 Å². The third-order valence-corrected chi connectivity index (χ3v) is 6.97. The van der Waals surface area contributed by atoms with E-state index in [-0.39, 0.29) is 24.1 Å². The Morgan fingerprint density at radius 3 is 1.97 bits per heavy atom. The Kier molecular flexibility index (Phi) is 6.11. The van der Waals surface area contributed by atoms with Gasteiger partial charge in [0, 0.05) is 5.39 Å². The van der Waals surface area contributed by atoms with Crippen LogP contribution in [0.25, 0.3) is 21.5 Å². The Hall–Kier alpha value is -2.88. The molecule has 2 saturated carbocycles. The Balaban J connectivity index is 1.45. The van der Waals surface area contributed by atoms with E-state index in [2.05, 4.69) is 0 Å². The van der Waals surface area contributed by atoms with E-state index < -0.39 is 0 Å². The molecular formula is C28H30O4. The molecule has 0 bridgehead atoms. The number of ether oxygens (including phenoxy) is 2. The lowest BCUT2D eigenvalue weighted by atomic mass is 9.95. The number of esters is 2. The van der Waals surface area contributed by atoms with Crippen molar-refractivity contribution in [2.24, 2.45) is 0 Å². The summed E-state index contributed by atoms with van der Waals surface area (Å²) in [5, 5.41) is 3.76. The van der Waals surface area contributed by atoms with Crippen LogP contribution in [0.3, 0.4) is 0 Å². The monoisotopic (exact) mass is 430 g/mol. The van der Waals surface area contributed by atoms with Gasteiger partial charge in [-0.2, -0.15) is 0 Å². The van der Waals surface area contributed by atoms with Crippen LogP contribution in [0.4, 0.5) is 0 Å². The maximum Gasteiger partial charge on any atom is 0.339 e. The summed E-state index contributed by atoms with van der Waals surface area (Å²) in [6.45, 7) is 0. The molecule has 0 aliphatic heterocycles. The molecule has 0 saturated heterocycles. The van der Waals surface area contributed by atoms with Crippen LogP contribution < -0.4 is 0 Å². The maximum absolute atomic E-state index is 13.1. The number of fused-ring (bicyclic) bond motifs is 3. The van der Waals surface area contributed by atoms with Crippen LogP contribution in [-0.4, -0.2) is 24.1 Å². The highest BCUT2D eigenvalue weighted by Crippen LogP contribution is 2.31. The number of benzene rings is 3. The van der Waals surface area contributed by atoms with Crippen molar-refractivity contribution in [3.8, 4) is 0 Å². The first-order chi connectivity index (χ1) is 15.7. The third-order valence-electron chi connectivity index (χ3n) is 6.97. The fourth-order valence-electron chi connectivity index (χ4n) is 5.21. The van der Waals surface area contributed by atoms with Gasteiger partial charge in [-0.05, 0) is 85.7 Å². The highest BCUT2D eigenvalue weighted by atomic mass is 16.5. The molecule has 5 rings (SSSR count). The van der Waals surface area contributed by atoms with Gasteiger partial charge in [-0.25, -0.2) is 9.59 Å². The molecule has 0 heterocycles. The number of carbonyl (C=O) groups is 2. The van der Waals surface area contributed by atoms with Crippen LogP contribution in [0, 0.1) is 0 Å². The summed E-state index contributed by atoms with van der Waals surface area (Å²) in [6, 6.07) is 15.4. The third kappa shape index (κ3) is 4.36. The summed E-state index contributed by atoms with van der Waals surface area (Å²) in [7, 11) is 0. The van der Waals surface area contributed by atoms with Crippen molar-refractivity contribution in [1.29, 1.82) is 0 Å². The summed E-state index contributed by atoms with van der Waals surface area (Å²) in [4.78, 5) is 25.8. The first-order valence-electron chi connectivity index (χ1n) is 12.1. The van der Waals surface area contributed by atoms with Crippen molar-refractivity contribution < 1.29 is 19.1 Å². The van der Waals surface area contributed by atoms with Gasteiger partial charge in [-0.1, -0.05) is 43.2 Å². The zero-order chi connectivity index (χ0) is 21.9. The molecule has 0 atom stereocenters. The zero-order valence-corrected chi connectivity index (χ0v) is 18.5. The van der Waals surface area contributed by atoms with E-state index >= 15 is 0 Å². The first-order valence-corrected chi connectivity index (χ1v) is 12.1. The number of hydrogen-bond acceptors (Lipinski definition) is 4. The summed E-state index contributed by atoms with van der Waals surface area (Å²) in [5.74, 6) is -0.514. The average molecular weight is 431 g/mol. The van der Waals surface area contributed by atoms with Crippen LogP contribution >= 0.6 is 0 Å². The minimum Gasteiger partial charge on any atom is -0.459 e. The maximum atomic E-state index is 13.1. The van der Waals surface area contributed by atoms with Gasteiger partial charge in [0.2, 0.25) is 0 Å². The standard InChI is InChI=1S/C28H30O4/c29-27(31-22-9-3-1-4-10-22)21-16-17-24-20(18-21)15-14-19-8-7-13-25(26(19)24)28(30)32-23-11-5-2-6-12-23/h7-8,13-18,22-23H,1-6,9-12H2. The van der Waals surface area contributed by atoms with E-state index in [1.54, 1.807) is 0 Å². The van der Waals surface area contributed by atoms with Crippen molar-refractivity contribution in [2.75, 3.05) is 0 Å². The molecule has 4 nitrogen and oxygen atoms in total. The number of carbonyl (C=O) groups excluding carboxylic acids is 2. The lowest BCUT2D eigenvalue weighted by Crippen LogP contribution is -2.21. The van der Waals surface area contributed by atoms with E-state index in [4.69, 9.17) is 9.47 Å². The molecule has 0 amide bonds. The zero-order valence-electron chi connectivity index (χ0n) is 18.5. The molecule has 2 fully saturated rings. The Bertz CT molecular complexity index is 1140. The highest BCUT2D eigenvalue weighted by Gasteiger charge is 2.22. The molecule has 32 heavy (non-hydrogen) atoms. The Labute approximate surface area is 188 Å². The van der Waals surface area contributed by atoms with Crippen molar-refractivity contribution in [1.82, 2.24) is 0 Å². The van der Waals surface area contributed by atoms with Crippen molar-refractivity contribution in [3.63, 3.8) is 0 Å². The SMILES string of the molecule is O=C(OC1CCCCC1)c1ccc2c(ccc3cccc(C(=O)OC4CCCCC4)c32)c1. The Morgan fingerprint density at radius 1 is 0.656 bits per heavy atom. The van der Waals surface area contributed by atoms with E-state index in [9.17, 15) is 9.59 Å². The molecule has 0 aromatic heterocycles. The fraction of sp³-hybridized carbons (Fsp3) is 0.429. The smallest absolute Gasteiger partial charge is 0.339 e. The molecule has 3 aromatic carbocycles. The molecule has 0 unspecified atom stereocenters. The lowest BCUT2D eigenvalue weighted by Gasteiger charge is -2.22. The normalized spacial score (nSPS) is 18.0. The van der Waals surface area contributed by atoms with E-state index in [1.165, 1.54) is 12.8 Å². The van der Waals surface area contributed by atoms with Gasteiger partial charge >= 0.3 is 11.9 Å². The van der Waals surface area contributed by atoms with Crippen molar-refractivity contribution in [2.45, 2.75) is 76.4 Å². The van der Waals surface area contributed by atoms with Crippen molar-refractivity contribution >= 4 is 33.5 Å².